The average molecular weight is 296 g/mol. The topological polar surface area (TPSA) is 59.6 Å². The number of amides is 1. The van der Waals surface area contributed by atoms with Crippen LogP contribution in [0, 0.1) is 0 Å². The number of anilines is 1. The van der Waals surface area contributed by atoms with Crippen molar-refractivity contribution in [2.75, 3.05) is 12.1 Å². The predicted molar refractivity (Wildman–Crippen MR) is 82.0 cm³/mol. The number of rotatable bonds is 2. The quantitative estimate of drug-likeness (QED) is 0.890. The van der Waals surface area contributed by atoms with Gasteiger partial charge in [0.1, 0.15) is 0 Å². The van der Waals surface area contributed by atoms with E-state index in [1.165, 1.54) is 11.1 Å². The molecule has 2 aromatic carbocycles. The van der Waals surface area contributed by atoms with Crippen LogP contribution in [0.5, 0.6) is 11.5 Å². The van der Waals surface area contributed by atoms with Crippen LogP contribution >= 0.6 is 0 Å². The van der Waals surface area contributed by atoms with Crippen molar-refractivity contribution >= 4 is 11.6 Å². The van der Waals surface area contributed by atoms with E-state index in [1.54, 1.807) is 6.07 Å². The first-order chi connectivity index (χ1) is 10.8. The Morgan fingerprint density at radius 3 is 2.82 bits per heavy atom. The van der Waals surface area contributed by atoms with E-state index < -0.39 is 0 Å². The van der Waals surface area contributed by atoms with Gasteiger partial charge in [-0.1, -0.05) is 24.3 Å². The molecular formula is C17H16N2O3. The molecule has 2 aliphatic heterocycles. The van der Waals surface area contributed by atoms with Crippen molar-refractivity contribution in [3.63, 3.8) is 0 Å². The lowest BCUT2D eigenvalue weighted by Crippen LogP contribution is -2.44. The first kappa shape index (κ1) is 13.2. The van der Waals surface area contributed by atoms with Gasteiger partial charge in [0.25, 0.3) is 0 Å². The highest BCUT2D eigenvalue weighted by Gasteiger charge is 2.24. The second kappa shape index (κ2) is 5.35. The molecule has 0 radical (unpaired) electrons. The number of carbonyl (C=O) groups is 1. The number of nitrogens with one attached hydrogen (secondary N) is 2. The molecule has 5 heteroatoms. The zero-order valence-corrected chi connectivity index (χ0v) is 12.0. The van der Waals surface area contributed by atoms with Crippen LogP contribution in [0.15, 0.2) is 42.5 Å². The van der Waals surface area contributed by atoms with Crippen LogP contribution in [-0.4, -0.2) is 18.7 Å². The maximum absolute atomic E-state index is 12.4. The van der Waals surface area contributed by atoms with Crippen molar-refractivity contribution in [3.05, 3.63) is 53.6 Å². The Hall–Kier alpha value is -2.53. The van der Waals surface area contributed by atoms with E-state index in [1.807, 2.05) is 24.3 Å². The summed E-state index contributed by atoms with van der Waals surface area (Å²) in [4.78, 5) is 12.4. The molecule has 0 spiro atoms. The summed E-state index contributed by atoms with van der Waals surface area (Å²) in [5, 5.41) is 6.21. The van der Waals surface area contributed by atoms with Gasteiger partial charge in [-0.25, -0.2) is 0 Å². The number of benzene rings is 2. The molecule has 0 saturated heterocycles. The third kappa shape index (κ3) is 2.40. The standard InChI is InChI=1S/C17H16N2O3/c20-17(14-7-11-3-1-2-4-12(11)9-18-14)19-13-5-6-15-16(8-13)22-10-21-15/h1-6,8,14,18H,7,9-10H2,(H,19,20). The van der Waals surface area contributed by atoms with E-state index in [9.17, 15) is 4.79 Å². The predicted octanol–water partition coefficient (Wildman–Crippen LogP) is 2.07. The second-order valence-electron chi connectivity index (χ2n) is 5.46. The van der Waals surface area contributed by atoms with E-state index >= 15 is 0 Å². The lowest BCUT2D eigenvalue weighted by Gasteiger charge is -2.25. The molecule has 2 aliphatic rings. The maximum Gasteiger partial charge on any atom is 0.241 e. The van der Waals surface area contributed by atoms with Crippen molar-refractivity contribution < 1.29 is 14.3 Å². The third-order valence-corrected chi connectivity index (χ3v) is 4.04. The lowest BCUT2D eigenvalue weighted by atomic mass is 9.95. The summed E-state index contributed by atoms with van der Waals surface area (Å²) < 4.78 is 10.6. The number of hydrogen-bond donors (Lipinski definition) is 2. The molecule has 0 aromatic heterocycles. The number of ether oxygens (including phenoxy) is 2. The van der Waals surface area contributed by atoms with Gasteiger partial charge in [0.15, 0.2) is 11.5 Å². The molecule has 5 nitrogen and oxygen atoms in total. The highest BCUT2D eigenvalue weighted by molar-refractivity contribution is 5.95. The third-order valence-electron chi connectivity index (χ3n) is 4.04. The monoisotopic (exact) mass is 296 g/mol. The largest absolute Gasteiger partial charge is 0.454 e. The van der Waals surface area contributed by atoms with Crippen molar-refractivity contribution in [1.29, 1.82) is 0 Å². The zero-order valence-electron chi connectivity index (χ0n) is 12.0. The van der Waals surface area contributed by atoms with E-state index in [2.05, 4.69) is 22.8 Å². The van der Waals surface area contributed by atoms with Crippen LogP contribution in [0.1, 0.15) is 11.1 Å². The zero-order chi connectivity index (χ0) is 14.9. The van der Waals surface area contributed by atoms with Crippen LogP contribution in [-0.2, 0) is 17.8 Å². The number of fused-ring (bicyclic) bond motifs is 2. The Bertz CT molecular complexity index is 730. The Morgan fingerprint density at radius 1 is 1.09 bits per heavy atom. The molecular weight excluding hydrogens is 280 g/mol. The molecule has 1 atom stereocenters. The molecule has 0 aliphatic carbocycles. The molecule has 1 unspecified atom stereocenters. The Balaban J connectivity index is 1.47. The van der Waals surface area contributed by atoms with Gasteiger partial charge in [-0.05, 0) is 29.7 Å². The van der Waals surface area contributed by atoms with E-state index in [4.69, 9.17) is 9.47 Å². The Kier molecular flexibility index (Phi) is 3.20. The first-order valence-electron chi connectivity index (χ1n) is 7.30. The van der Waals surface area contributed by atoms with E-state index in [0.29, 0.717) is 17.9 Å². The molecule has 2 N–H and O–H groups in total. The molecule has 1 amide bonds. The summed E-state index contributed by atoms with van der Waals surface area (Å²) in [6, 6.07) is 13.4. The van der Waals surface area contributed by atoms with E-state index in [0.717, 1.165) is 12.2 Å². The lowest BCUT2D eigenvalue weighted by molar-refractivity contribution is -0.118. The molecule has 4 rings (SSSR count). The average Bonchev–Trinajstić information content (AvgIpc) is 3.02. The minimum absolute atomic E-state index is 0.0339. The van der Waals surface area contributed by atoms with Gasteiger partial charge in [-0.2, -0.15) is 0 Å². The number of carbonyl (C=O) groups excluding carboxylic acids is 1. The molecule has 112 valence electrons. The summed E-state index contributed by atoms with van der Waals surface area (Å²) in [6.07, 6.45) is 0.701. The van der Waals surface area contributed by atoms with E-state index in [-0.39, 0.29) is 18.7 Å². The van der Waals surface area contributed by atoms with Crippen molar-refractivity contribution in [2.45, 2.75) is 19.0 Å². The smallest absolute Gasteiger partial charge is 0.241 e. The number of hydrogen-bond acceptors (Lipinski definition) is 4. The van der Waals surface area contributed by atoms with Gasteiger partial charge in [-0.15, -0.1) is 0 Å². The van der Waals surface area contributed by atoms with Gasteiger partial charge in [0.2, 0.25) is 12.7 Å². The molecule has 2 aromatic rings. The van der Waals surface area contributed by atoms with Gasteiger partial charge < -0.3 is 20.1 Å². The minimum atomic E-state index is -0.222. The van der Waals surface area contributed by atoms with Gasteiger partial charge in [0.05, 0.1) is 6.04 Å². The van der Waals surface area contributed by atoms with Crippen molar-refractivity contribution in [2.24, 2.45) is 0 Å². The molecule has 0 bridgehead atoms. The van der Waals surface area contributed by atoms with Crippen LogP contribution in [0.25, 0.3) is 0 Å². The first-order valence-corrected chi connectivity index (χ1v) is 7.30. The second-order valence-corrected chi connectivity index (χ2v) is 5.46. The fourth-order valence-corrected chi connectivity index (χ4v) is 2.84. The molecule has 2 heterocycles. The van der Waals surface area contributed by atoms with Crippen molar-refractivity contribution in [1.82, 2.24) is 5.32 Å². The summed E-state index contributed by atoms with van der Waals surface area (Å²) in [7, 11) is 0. The van der Waals surface area contributed by atoms with Crippen LogP contribution < -0.4 is 20.1 Å². The van der Waals surface area contributed by atoms with Crippen LogP contribution in [0.4, 0.5) is 5.69 Å². The molecule has 0 fully saturated rings. The Labute approximate surface area is 128 Å². The maximum atomic E-state index is 12.4. The van der Waals surface area contributed by atoms with Crippen LogP contribution in [0.3, 0.4) is 0 Å². The minimum Gasteiger partial charge on any atom is -0.454 e. The van der Waals surface area contributed by atoms with Crippen LogP contribution in [0.2, 0.25) is 0 Å². The van der Waals surface area contributed by atoms with Gasteiger partial charge in [-0.3, -0.25) is 4.79 Å². The highest BCUT2D eigenvalue weighted by atomic mass is 16.7. The molecule has 22 heavy (non-hydrogen) atoms. The summed E-state index contributed by atoms with van der Waals surface area (Å²) in [5.74, 6) is 1.34. The van der Waals surface area contributed by atoms with Gasteiger partial charge >= 0.3 is 0 Å². The summed E-state index contributed by atoms with van der Waals surface area (Å²) in [6.45, 7) is 0.948. The Morgan fingerprint density at radius 2 is 1.91 bits per heavy atom. The SMILES string of the molecule is O=C(Nc1ccc2c(c1)OCO2)C1Cc2ccccc2CN1. The van der Waals surface area contributed by atoms with Crippen molar-refractivity contribution in [3.8, 4) is 11.5 Å². The fourth-order valence-electron chi connectivity index (χ4n) is 2.84. The molecule has 0 saturated carbocycles. The fraction of sp³-hybridized carbons (Fsp3) is 0.235. The normalized spacial score (nSPS) is 18.6. The highest BCUT2D eigenvalue weighted by Crippen LogP contribution is 2.34. The summed E-state index contributed by atoms with van der Waals surface area (Å²) >= 11 is 0. The van der Waals surface area contributed by atoms with Gasteiger partial charge in [0, 0.05) is 18.3 Å². The summed E-state index contributed by atoms with van der Waals surface area (Å²) in [5.41, 5.74) is 3.21.